The smallest absolute Gasteiger partial charge is 0.225 e. The van der Waals surface area contributed by atoms with E-state index >= 15 is 0 Å². The molecule has 1 unspecified atom stereocenters. The van der Waals surface area contributed by atoms with E-state index in [0.717, 1.165) is 52.5 Å². The standard InChI is InChI=1S/C31H32N4OS2/c1-31(2,3)22-14-15-23-24(19-32)29(38-25(23)18-22)33-26(36)16-17-37-30-34-27(20-10-6-4-7-11-20)28(35-30)21-12-8-5-9-13-21/h4-13,22H,14-18H2,1-3H3,(H,33,36)(H,34,35). The Morgan fingerprint density at radius 1 is 1.13 bits per heavy atom. The highest BCUT2D eigenvalue weighted by Crippen LogP contribution is 2.44. The van der Waals surface area contributed by atoms with Crippen LogP contribution in [0.25, 0.3) is 22.5 Å². The molecule has 0 saturated carbocycles. The Balaban J connectivity index is 1.25. The topological polar surface area (TPSA) is 81.6 Å². The van der Waals surface area contributed by atoms with Crippen LogP contribution in [0.15, 0.2) is 65.8 Å². The maximum atomic E-state index is 12.9. The molecular formula is C31H32N4OS2. The Kier molecular flexibility index (Phi) is 7.73. The van der Waals surface area contributed by atoms with Gasteiger partial charge < -0.3 is 10.3 Å². The van der Waals surface area contributed by atoms with E-state index in [-0.39, 0.29) is 11.3 Å². The number of aromatic amines is 1. The van der Waals surface area contributed by atoms with E-state index in [1.807, 2.05) is 36.4 Å². The van der Waals surface area contributed by atoms with E-state index in [9.17, 15) is 10.1 Å². The molecule has 0 fully saturated rings. The summed E-state index contributed by atoms with van der Waals surface area (Å²) in [5.41, 5.74) is 6.03. The average molecular weight is 541 g/mol. The number of amides is 1. The summed E-state index contributed by atoms with van der Waals surface area (Å²) in [6, 6.07) is 22.7. The molecule has 0 spiro atoms. The van der Waals surface area contributed by atoms with Crippen molar-refractivity contribution in [1.29, 1.82) is 5.26 Å². The highest BCUT2D eigenvalue weighted by Gasteiger charge is 2.32. The molecule has 1 amide bonds. The first-order chi connectivity index (χ1) is 18.3. The third-order valence-corrected chi connectivity index (χ3v) is 9.26. The molecule has 2 heterocycles. The lowest BCUT2D eigenvalue weighted by Crippen LogP contribution is -2.26. The molecular weight excluding hydrogens is 509 g/mol. The summed E-state index contributed by atoms with van der Waals surface area (Å²) >= 11 is 3.12. The van der Waals surface area contributed by atoms with E-state index in [2.05, 4.69) is 61.4 Å². The number of carbonyl (C=O) groups excluding carboxylic acids is 1. The number of anilines is 1. The van der Waals surface area contributed by atoms with Gasteiger partial charge in [-0.15, -0.1) is 11.3 Å². The van der Waals surface area contributed by atoms with E-state index in [1.54, 1.807) is 11.3 Å². The molecule has 5 rings (SSSR count). The fourth-order valence-corrected chi connectivity index (χ4v) is 7.10. The van der Waals surface area contributed by atoms with Gasteiger partial charge in [-0.3, -0.25) is 4.79 Å². The number of imidazole rings is 1. The monoisotopic (exact) mass is 540 g/mol. The van der Waals surface area contributed by atoms with Crippen molar-refractivity contribution >= 4 is 34.0 Å². The fourth-order valence-electron chi connectivity index (χ4n) is 5.00. The molecule has 2 aromatic carbocycles. The molecule has 5 nitrogen and oxygen atoms in total. The van der Waals surface area contributed by atoms with Crippen LogP contribution in [0.4, 0.5) is 5.00 Å². The fraction of sp³-hybridized carbons (Fsp3) is 0.323. The van der Waals surface area contributed by atoms with Gasteiger partial charge in [-0.25, -0.2) is 4.98 Å². The second-order valence-corrected chi connectivity index (χ2v) is 13.0. The van der Waals surface area contributed by atoms with Crippen molar-refractivity contribution in [2.75, 3.05) is 11.1 Å². The van der Waals surface area contributed by atoms with Crippen molar-refractivity contribution < 1.29 is 4.79 Å². The van der Waals surface area contributed by atoms with Gasteiger partial charge in [-0.2, -0.15) is 5.26 Å². The number of benzene rings is 2. The zero-order valence-electron chi connectivity index (χ0n) is 22.0. The van der Waals surface area contributed by atoms with Gasteiger partial charge in [0, 0.05) is 28.2 Å². The first-order valence-electron chi connectivity index (χ1n) is 13.0. The number of thioether (sulfide) groups is 1. The maximum absolute atomic E-state index is 12.9. The summed E-state index contributed by atoms with van der Waals surface area (Å²) in [5.74, 6) is 1.11. The summed E-state index contributed by atoms with van der Waals surface area (Å²) < 4.78 is 0. The number of H-pyrrole nitrogens is 1. The summed E-state index contributed by atoms with van der Waals surface area (Å²) in [6.45, 7) is 6.85. The zero-order valence-corrected chi connectivity index (χ0v) is 23.6. The van der Waals surface area contributed by atoms with Crippen LogP contribution < -0.4 is 5.32 Å². The molecule has 0 radical (unpaired) electrons. The molecule has 1 aliphatic rings. The molecule has 7 heteroatoms. The Morgan fingerprint density at radius 2 is 1.82 bits per heavy atom. The average Bonchev–Trinajstić information content (AvgIpc) is 3.49. The van der Waals surface area contributed by atoms with E-state index in [4.69, 9.17) is 4.98 Å². The van der Waals surface area contributed by atoms with Crippen LogP contribution in [0.5, 0.6) is 0 Å². The van der Waals surface area contributed by atoms with Gasteiger partial charge in [-0.1, -0.05) is 93.2 Å². The van der Waals surface area contributed by atoms with Crippen LogP contribution in [0.3, 0.4) is 0 Å². The van der Waals surface area contributed by atoms with E-state index in [0.29, 0.717) is 28.7 Å². The second-order valence-electron chi connectivity index (χ2n) is 10.8. The minimum atomic E-state index is -0.0712. The molecule has 2 N–H and O–H groups in total. The number of carbonyl (C=O) groups is 1. The molecule has 2 aromatic heterocycles. The predicted molar refractivity (Wildman–Crippen MR) is 157 cm³/mol. The first kappa shape index (κ1) is 26.3. The minimum absolute atomic E-state index is 0.0712. The van der Waals surface area contributed by atoms with Gasteiger partial charge in [0.2, 0.25) is 5.91 Å². The van der Waals surface area contributed by atoms with Crippen LogP contribution >= 0.6 is 23.1 Å². The largest absolute Gasteiger partial charge is 0.332 e. The lowest BCUT2D eigenvalue weighted by molar-refractivity contribution is -0.115. The molecule has 0 saturated heterocycles. The maximum Gasteiger partial charge on any atom is 0.225 e. The van der Waals surface area contributed by atoms with Gasteiger partial charge in [-0.05, 0) is 36.2 Å². The van der Waals surface area contributed by atoms with Crippen LogP contribution in [0, 0.1) is 22.7 Å². The molecule has 194 valence electrons. The number of rotatable bonds is 7. The van der Waals surface area contributed by atoms with Crippen molar-refractivity contribution in [2.24, 2.45) is 11.3 Å². The van der Waals surface area contributed by atoms with Gasteiger partial charge in [0.05, 0.1) is 17.0 Å². The normalized spacial score (nSPS) is 15.1. The number of aromatic nitrogens is 2. The second kappa shape index (κ2) is 11.2. The highest BCUT2D eigenvalue weighted by atomic mass is 32.2. The van der Waals surface area contributed by atoms with Gasteiger partial charge >= 0.3 is 0 Å². The summed E-state index contributed by atoms with van der Waals surface area (Å²) in [6.07, 6.45) is 3.32. The molecule has 1 atom stereocenters. The molecule has 4 aromatic rings. The van der Waals surface area contributed by atoms with E-state index in [1.165, 1.54) is 16.6 Å². The van der Waals surface area contributed by atoms with E-state index < -0.39 is 0 Å². The number of nitrogens with zero attached hydrogens (tertiary/aromatic N) is 2. The Labute approximate surface area is 232 Å². The number of nitriles is 1. The summed E-state index contributed by atoms with van der Waals surface area (Å²) in [5, 5.41) is 14.4. The molecule has 1 aliphatic carbocycles. The van der Waals surface area contributed by atoms with Crippen molar-refractivity contribution in [3.8, 4) is 28.6 Å². The first-order valence-corrected chi connectivity index (χ1v) is 14.8. The van der Waals surface area contributed by atoms with Gasteiger partial charge in [0.15, 0.2) is 5.16 Å². The molecule has 0 aliphatic heterocycles. The Morgan fingerprint density at radius 3 is 2.47 bits per heavy atom. The quantitative estimate of drug-likeness (QED) is 0.233. The highest BCUT2D eigenvalue weighted by molar-refractivity contribution is 7.99. The van der Waals surface area contributed by atoms with Crippen LogP contribution in [0.1, 0.15) is 49.6 Å². The van der Waals surface area contributed by atoms with Gasteiger partial charge in [0.1, 0.15) is 11.1 Å². The number of fused-ring (bicyclic) bond motifs is 1. The Hall–Kier alpha value is -3.34. The number of hydrogen-bond donors (Lipinski definition) is 2. The number of hydrogen-bond acceptors (Lipinski definition) is 5. The lowest BCUT2D eigenvalue weighted by atomic mass is 9.72. The van der Waals surface area contributed by atoms with Crippen molar-refractivity contribution in [3.05, 3.63) is 76.7 Å². The summed E-state index contributed by atoms with van der Waals surface area (Å²) in [4.78, 5) is 22.5. The minimum Gasteiger partial charge on any atom is -0.332 e. The number of thiophene rings is 1. The third-order valence-electron chi connectivity index (χ3n) is 7.21. The van der Waals surface area contributed by atoms with Crippen LogP contribution in [0.2, 0.25) is 0 Å². The van der Waals surface area contributed by atoms with Crippen LogP contribution in [-0.2, 0) is 17.6 Å². The SMILES string of the molecule is CC(C)(C)C1CCc2c(sc(NC(=O)CCSc3nc(-c4ccccc4)c(-c4ccccc4)[nH]3)c2C#N)C1. The third kappa shape index (κ3) is 5.72. The van der Waals surface area contributed by atoms with Crippen molar-refractivity contribution in [1.82, 2.24) is 9.97 Å². The predicted octanol–water partition coefficient (Wildman–Crippen LogP) is 7.95. The summed E-state index contributed by atoms with van der Waals surface area (Å²) in [7, 11) is 0. The van der Waals surface area contributed by atoms with Crippen molar-refractivity contribution in [2.45, 2.75) is 51.6 Å². The number of nitrogens with one attached hydrogen (secondary N) is 2. The van der Waals surface area contributed by atoms with Gasteiger partial charge in [0.25, 0.3) is 0 Å². The Bertz CT molecular complexity index is 1400. The van der Waals surface area contributed by atoms with Crippen molar-refractivity contribution in [3.63, 3.8) is 0 Å². The van der Waals surface area contributed by atoms with Crippen LogP contribution in [-0.4, -0.2) is 21.6 Å². The zero-order chi connectivity index (χ0) is 26.7. The molecule has 38 heavy (non-hydrogen) atoms. The lowest BCUT2D eigenvalue weighted by Gasteiger charge is -2.33. The molecule has 0 bridgehead atoms.